The molecule has 1 aromatic rings. The zero-order valence-corrected chi connectivity index (χ0v) is 11.1. The Bertz CT molecular complexity index is 424. The molecule has 1 fully saturated rings. The fraction of sp³-hybridized carbons (Fsp3) is 0.438. The fourth-order valence-corrected chi connectivity index (χ4v) is 2.61. The molecule has 0 aliphatic carbocycles. The number of carbonyl (C=O) groups excluding carboxylic acids is 1. The lowest BCUT2D eigenvalue weighted by Gasteiger charge is -2.25. The third-order valence-electron chi connectivity index (χ3n) is 3.52. The molecule has 96 valence electrons. The van der Waals surface area contributed by atoms with Gasteiger partial charge in [-0.25, -0.2) is 0 Å². The Balaban J connectivity index is 1.93. The van der Waals surface area contributed by atoms with Crippen LogP contribution in [0.2, 0.25) is 0 Å². The molecular weight excluding hydrogens is 222 g/mol. The van der Waals surface area contributed by atoms with Gasteiger partial charge < -0.3 is 4.90 Å². The van der Waals surface area contributed by atoms with Crippen LogP contribution in [-0.4, -0.2) is 23.4 Å². The molecule has 0 N–H and O–H groups in total. The van der Waals surface area contributed by atoms with Crippen molar-refractivity contribution in [3.05, 3.63) is 48.0 Å². The normalized spacial score (nSPS) is 19.3. The Morgan fingerprint density at radius 2 is 2.11 bits per heavy atom. The van der Waals surface area contributed by atoms with Crippen molar-refractivity contribution < 1.29 is 4.79 Å². The summed E-state index contributed by atoms with van der Waals surface area (Å²) in [6.45, 7) is 6.83. The number of rotatable bonds is 5. The highest BCUT2D eigenvalue weighted by atomic mass is 16.2. The van der Waals surface area contributed by atoms with Gasteiger partial charge in [0.05, 0.1) is 0 Å². The molecule has 18 heavy (non-hydrogen) atoms. The highest BCUT2D eigenvalue weighted by Crippen LogP contribution is 2.24. The van der Waals surface area contributed by atoms with Crippen molar-refractivity contribution in [1.29, 1.82) is 0 Å². The van der Waals surface area contributed by atoms with Crippen LogP contribution in [0.15, 0.2) is 42.5 Å². The van der Waals surface area contributed by atoms with Crippen molar-refractivity contribution in [3.8, 4) is 0 Å². The van der Waals surface area contributed by atoms with Gasteiger partial charge in [-0.2, -0.15) is 0 Å². The summed E-state index contributed by atoms with van der Waals surface area (Å²) < 4.78 is 0. The summed E-state index contributed by atoms with van der Waals surface area (Å²) in [7, 11) is 0. The van der Waals surface area contributed by atoms with Crippen LogP contribution in [0.3, 0.4) is 0 Å². The second-order valence-electron chi connectivity index (χ2n) is 5.18. The van der Waals surface area contributed by atoms with Gasteiger partial charge in [0, 0.05) is 19.0 Å². The Morgan fingerprint density at radius 1 is 1.39 bits per heavy atom. The molecule has 1 aromatic carbocycles. The van der Waals surface area contributed by atoms with Gasteiger partial charge in [0.1, 0.15) is 0 Å². The lowest BCUT2D eigenvalue weighted by molar-refractivity contribution is -0.128. The highest BCUT2D eigenvalue weighted by molar-refractivity contribution is 5.78. The van der Waals surface area contributed by atoms with Gasteiger partial charge in [-0.15, -0.1) is 6.58 Å². The van der Waals surface area contributed by atoms with E-state index in [1.165, 1.54) is 11.1 Å². The molecule has 1 aliphatic heterocycles. The largest absolute Gasteiger partial charge is 0.339 e. The summed E-state index contributed by atoms with van der Waals surface area (Å²) >= 11 is 0. The number of hydrogen-bond acceptors (Lipinski definition) is 1. The zero-order chi connectivity index (χ0) is 13.0. The van der Waals surface area contributed by atoms with E-state index in [4.69, 9.17) is 0 Å². The van der Waals surface area contributed by atoms with Crippen LogP contribution in [0.25, 0.3) is 0 Å². The van der Waals surface area contributed by atoms with E-state index in [1.54, 1.807) is 0 Å². The summed E-state index contributed by atoms with van der Waals surface area (Å²) in [5.41, 5.74) is 2.46. The van der Waals surface area contributed by atoms with E-state index in [0.29, 0.717) is 18.4 Å². The molecule has 1 saturated heterocycles. The molecule has 1 unspecified atom stereocenters. The number of benzene rings is 1. The molecule has 1 aliphatic rings. The average molecular weight is 243 g/mol. The van der Waals surface area contributed by atoms with Gasteiger partial charge in [0.2, 0.25) is 5.91 Å². The van der Waals surface area contributed by atoms with Crippen LogP contribution >= 0.6 is 0 Å². The van der Waals surface area contributed by atoms with E-state index >= 15 is 0 Å². The lowest BCUT2D eigenvalue weighted by Crippen LogP contribution is -2.34. The molecule has 0 spiro atoms. The van der Waals surface area contributed by atoms with Gasteiger partial charge >= 0.3 is 0 Å². The van der Waals surface area contributed by atoms with Crippen molar-refractivity contribution in [2.45, 2.75) is 38.6 Å². The molecule has 0 aromatic heterocycles. The number of amides is 1. The van der Waals surface area contributed by atoms with Crippen LogP contribution in [0, 0.1) is 0 Å². The molecule has 2 rings (SSSR count). The van der Waals surface area contributed by atoms with Gasteiger partial charge in [-0.05, 0) is 31.7 Å². The number of nitrogens with zero attached hydrogens (tertiary/aromatic N) is 1. The van der Waals surface area contributed by atoms with Crippen molar-refractivity contribution >= 4 is 5.91 Å². The average Bonchev–Trinajstić information content (AvgIpc) is 2.68. The van der Waals surface area contributed by atoms with Gasteiger partial charge in [0.25, 0.3) is 0 Å². The molecule has 0 saturated carbocycles. The molecule has 1 heterocycles. The number of carbonyl (C=O) groups is 1. The minimum Gasteiger partial charge on any atom is -0.339 e. The third kappa shape index (κ3) is 3.22. The van der Waals surface area contributed by atoms with Crippen LogP contribution in [0.5, 0.6) is 0 Å². The van der Waals surface area contributed by atoms with Crippen LogP contribution in [0.4, 0.5) is 0 Å². The molecule has 2 nitrogen and oxygen atoms in total. The highest BCUT2D eigenvalue weighted by Gasteiger charge is 2.29. The first-order valence-corrected chi connectivity index (χ1v) is 6.64. The fourth-order valence-electron chi connectivity index (χ4n) is 2.61. The van der Waals surface area contributed by atoms with Crippen molar-refractivity contribution in [2.24, 2.45) is 0 Å². The standard InChI is InChI=1S/C16H21NO/c1-13(2)12-15-8-9-16(18)17(15)11-10-14-6-4-3-5-7-14/h3-7,15H,1,8-12H2,2H3. The topological polar surface area (TPSA) is 20.3 Å². The van der Waals surface area contributed by atoms with E-state index in [-0.39, 0.29) is 0 Å². The Morgan fingerprint density at radius 3 is 2.78 bits per heavy atom. The molecule has 1 atom stereocenters. The van der Waals surface area contributed by atoms with E-state index in [0.717, 1.165) is 25.8 Å². The SMILES string of the molecule is C=C(C)CC1CCC(=O)N1CCc1ccccc1. The molecule has 2 heteroatoms. The van der Waals surface area contributed by atoms with Gasteiger partial charge in [-0.1, -0.05) is 35.9 Å². The summed E-state index contributed by atoms with van der Waals surface area (Å²) in [5, 5.41) is 0. The van der Waals surface area contributed by atoms with E-state index < -0.39 is 0 Å². The second kappa shape index (κ2) is 5.85. The van der Waals surface area contributed by atoms with Crippen molar-refractivity contribution in [2.75, 3.05) is 6.54 Å². The Kier molecular flexibility index (Phi) is 4.19. The van der Waals surface area contributed by atoms with Crippen LogP contribution in [0.1, 0.15) is 31.7 Å². The maximum atomic E-state index is 11.9. The van der Waals surface area contributed by atoms with E-state index in [9.17, 15) is 4.79 Å². The first-order chi connectivity index (χ1) is 8.66. The van der Waals surface area contributed by atoms with Gasteiger partial charge in [0.15, 0.2) is 0 Å². The van der Waals surface area contributed by atoms with Crippen molar-refractivity contribution in [3.63, 3.8) is 0 Å². The quantitative estimate of drug-likeness (QED) is 0.727. The molecule has 0 bridgehead atoms. The summed E-state index contributed by atoms with van der Waals surface area (Å²) in [4.78, 5) is 13.9. The predicted octanol–water partition coefficient (Wildman–Crippen LogP) is 3.19. The zero-order valence-electron chi connectivity index (χ0n) is 11.1. The second-order valence-corrected chi connectivity index (χ2v) is 5.18. The van der Waals surface area contributed by atoms with Crippen LogP contribution in [-0.2, 0) is 11.2 Å². The first kappa shape index (κ1) is 12.9. The summed E-state index contributed by atoms with van der Waals surface area (Å²) in [5.74, 6) is 0.303. The molecule has 0 radical (unpaired) electrons. The smallest absolute Gasteiger partial charge is 0.222 e. The number of likely N-dealkylation sites (tertiary alicyclic amines) is 1. The predicted molar refractivity (Wildman–Crippen MR) is 74.3 cm³/mol. The molecule has 1 amide bonds. The van der Waals surface area contributed by atoms with Gasteiger partial charge in [-0.3, -0.25) is 4.79 Å². The monoisotopic (exact) mass is 243 g/mol. The first-order valence-electron chi connectivity index (χ1n) is 6.64. The van der Waals surface area contributed by atoms with E-state index in [2.05, 4.69) is 18.7 Å². The summed E-state index contributed by atoms with van der Waals surface area (Å²) in [6.07, 6.45) is 3.58. The van der Waals surface area contributed by atoms with Crippen LogP contribution < -0.4 is 0 Å². The minimum absolute atomic E-state index is 0.303. The number of hydrogen-bond donors (Lipinski definition) is 0. The maximum Gasteiger partial charge on any atom is 0.222 e. The minimum atomic E-state index is 0.303. The molecular formula is C16H21NO. The Labute approximate surface area is 109 Å². The lowest BCUT2D eigenvalue weighted by atomic mass is 10.1. The Hall–Kier alpha value is -1.57. The third-order valence-corrected chi connectivity index (χ3v) is 3.52. The van der Waals surface area contributed by atoms with E-state index in [1.807, 2.05) is 30.0 Å². The van der Waals surface area contributed by atoms with Crippen molar-refractivity contribution in [1.82, 2.24) is 4.90 Å². The summed E-state index contributed by atoms with van der Waals surface area (Å²) in [6, 6.07) is 10.7. The maximum absolute atomic E-state index is 11.9.